The highest BCUT2D eigenvalue weighted by Crippen LogP contribution is 2.17. The Balaban J connectivity index is 2.07. The fourth-order valence-corrected chi connectivity index (χ4v) is 2.52. The Kier molecular flexibility index (Phi) is 4.36. The van der Waals surface area contributed by atoms with Crippen LogP contribution in [0.25, 0.3) is 0 Å². The standard InChI is InChI=1S/C13H22N4O/c1-11(13(18)16-7-3-2-4-8-16)17-10-15-9-12(17)5-6-14/h9-11H,2-8,14H2,1H3. The highest BCUT2D eigenvalue weighted by Gasteiger charge is 2.24. The lowest BCUT2D eigenvalue weighted by Crippen LogP contribution is -2.39. The molecule has 1 unspecified atom stereocenters. The van der Waals surface area contributed by atoms with Crippen LogP contribution in [0.2, 0.25) is 0 Å². The van der Waals surface area contributed by atoms with Crippen LogP contribution in [0.3, 0.4) is 0 Å². The molecule has 5 heteroatoms. The van der Waals surface area contributed by atoms with Gasteiger partial charge in [0.1, 0.15) is 6.04 Å². The van der Waals surface area contributed by atoms with Crippen molar-refractivity contribution in [3.8, 4) is 0 Å². The van der Waals surface area contributed by atoms with E-state index in [1.54, 1.807) is 12.5 Å². The third-order valence-corrected chi connectivity index (χ3v) is 3.59. The summed E-state index contributed by atoms with van der Waals surface area (Å²) in [4.78, 5) is 18.5. The van der Waals surface area contributed by atoms with Gasteiger partial charge < -0.3 is 15.2 Å². The van der Waals surface area contributed by atoms with E-state index < -0.39 is 0 Å². The largest absolute Gasteiger partial charge is 0.341 e. The molecule has 2 heterocycles. The van der Waals surface area contributed by atoms with Crippen molar-refractivity contribution in [2.75, 3.05) is 19.6 Å². The molecule has 1 atom stereocenters. The first-order valence-corrected chi connectivity index (χ1v) is 6.73. The Morgan fingerprint density at radius 2 is 2.17 bits per heavy atom. The molecule has 0 aliphatic carbocycles. The highest BCUT2D eigenvalue weighted by molar-refractivity contribution is 5.80. The summed E-state index contributed by atoms with van der Waals surface area (Å²) in [6.45, 7) is 4.31. The van der Waals surface area contributed by atoms with E-state index in [2.05, 4.69) is 4.98 Å². The number of nitrogens with zero attached hydrogens (tertiary/aromatic N) is 3. The van der Waals surface area contributed by atoms with Gasteiger partial charge in [0, 0.05) is 31.4 Å². The number of likely N-dealkylation sites (tertiary alicyclic amines) is 1. The van der Waals surface area contributed by atoms with E-state index in [4.69, 9.17) is 5.73 Å². The number of carbonyl (C=O) groups excluding carboxylic acids is 1. The van der Waals surface area contributed by atoms with E-state index in [9.17, 15) is 4.79 Å². The van der Waals surface area contributed by atoms with Crippen LogP contribution >= 0.6 is 0 Å². The smallest absolute Gasteiger partial charge is 0.245 e. The number of amides is 1. The Hall–Kier alpha value is -1.36. The number of piperidine rings is 1. The minimum Gasteiger partial charge on any atom is -0.341 e. The molecule has 2 N–H and O–H groups in total. The Labute approximate surface area is 108 Å². The molecule has 1 aromatic heterocycles. The third kappa shape index (κ3) is 2.72. The predicted molar refractivity (Wildman–Crippen MR) is 70.1 cm³/mol. The highest BCUT2D eigenvalue weighted by atomic mass is 16.2. The summed E-state index contributed by atoms with van der Waals surface area (Å²) in [7, 11) is 0. The van der Waals surface area contributed by atoms with Crippen molar-refractivity contribution >= 4 is 5.91 Å². The number of carbonyl (C=O) groups is 1. The molecule has 0 spiro atoms. The molecule has 0 aromatic carbocycles. The number of aromatic nitrogens is 2. The van der Waals surface area contributed by atoms with E-state index in [1.165, 1.54) is 6.42 Å². The van der Waals surface area contributed by atoms with Gasteiger partial charge >= 0.3 is 0 Å². The summed E-state index contributed by atoms with van der Waals surface area (Å²) in [6.07, 6.45) is 7.78. The minimum atomic E-state index is -0.174. The topological polar surface area (TPSA) is 64.2 Å². The fourth-order valence-electron chi connectivity index (χ4n) is 2.52. The molecule has 1 fully saturated rings. The second-order valence-corrected chi connectivity index (χ2v) is 4.89. The normalized spacial score (nSPS) is 17.8. The van der Waals surface area contributed by atoms with Gasteiger partial charge in [0.25, 0.3) is 0 Å². The van der Waals surface area contributed by atoms with Crippen LogP contribution in [0.1, 0.15) is 37.9 Å². The minimum absolute atomic E-state index is 0.174. The monoisotopic (exact) mass is 250 g/mol. The van der Waals surface area contributed by atoms with Crippen molar-refractivity contribution in [1.29, 1.82) is 0 Å². The quantitative estimate of drug-likeness (QED) is 0.865. The van der Waals surface area contributed by atoms with E-state index >= 15 is 0 Å². The van der Waals surface area contributed by atoms with Gasteiger partial charge in [-0.1, -0.05) is 0 Å². The van der Waals surface area contributed by atoms with Crippen molar-refractivity contribution < 1.29 is 4.79 Å². The molecule has 1 aromatic rings. The van der Waals surface area contributed by atoms with Gasteiger partial charge in [0.15, 0.2) is 0 Å². The molecule has 100 valence electrons. The van der Waals surface area contributed by atoms with Gasteiger partial charge in [-0.2, -0.15) is 0 Å². The summed E-state index contributed by atoms with van der Waals surface area (Å²) in [5.74, 6) is 0.200. The van der Waals surface area contributed by atoms with Crippen LogP contribution in [0.4, 0.5) is 0 Å². The average molecular weight is 250 g/mol. The van der Waals surface area contributed by atoms with Crippen LogP contribution in [0.5, 0.6) is 0 Å². The first-order valence-electron chi connectivity index (χ1n) is 6.73. The summed E-state index contributed by atoms with van der Waals surface area (Å²) in [6, 6.07) is -0.174. The van der Waals surface area contributed by atoms with Crippen molar-refractivity contribution in [3.63, 3.8) is 0 Å². The van der Waals surface area contributed by atoms with E-state index in [0.29, 0.717) is 6.54 Å². The second-order valence-electron chi connectivity index (χ2n) is 4.89. The lowest BCUT2D eigenvalue weighted by molar-refractivity contribution is -0.135. The molecule has 1 saturated heterocycles. The van der Waals surface area contributed by atoms with E-state index in [1.807, 2.05) is 16.4 Å². The number of imidazole rings is 1. The molecule has 1 amide bonds. The zero-order valence-corrected chi connectivity index (χ0v) is 11.0. The maximum atomic E-state index is 12.4. The Morgan fingerprint density at radius 3 is 2.83 bits per heavy atom. The second kappa shape index (κ2) is 6.00. The van der Waals surface area contributed by atoms with Crippen LogP contribution in [-0.2, 0) is 11.2 Å². The van der Waals surface area contributed by atoms with Gasteiger partial charge in [-0.15, -0.1) is 0 Å². The van der Waals surface area contributed by atoms with Crippen LogP contribution in [0, 0.1) is 0 Å². The Bertz CT molecular complexity index is 395. The first kappa shape index (κ1) is 13.1. The molecule has 5 nitrogen and oxygen atoms in total. The van der Waals surface area contributed by atoms with Crippen molar-refractivity contribution in [2.45, 2.75) is 38.6 Å². The molecular formula is C13H22N4O. The Morgan fingerprint density at radius 1 is 1.44 bits per heavy atom. The number of hydrogen-bond donors (Lipinski definition) is 1. The molecule has 0 bridgehead atoms. The van der Waals surface area contributed by atoms with Crippen LogP contribution in [-0.4, -0.2) is 40.0 Å². The first-order chi connectivity index (χ1) is 8.74. The van der Waals surface area contributed by atoms with E-state index in [0.717, 1.165) is 38.0 Å². The lowest BCUT2D eigenvalue weighted by atomic mass is 10.1. The molecule has 18 heavy (non-hydrogen) atoms. The van der Waals surface area contributed by atoms with Gasteiger partial charge in [0.05, 0.1) is 6.33 Å². The lowest BCUT2D eigenvalue weighted by Gasteiger charge is -2.30. The molecule has 0 radical (unpaired) electrons. The zero-order chi connectivity index (χ0) is 13.0. The van der Waals surface area contributed by atoms with Crippen LogP contribution < -0.4 is 5.73 Å². The molecule has 0 saturated carbocycles. The summed E-state index contributed by atoms with van der Waals surface area (Å²) < 4.78 is 1.95. The molecular weight excluding hydrogens is 228 g/mol. The van der Waals surface area contributed by atoms with E-state index in [-0.39, 0.29) is 11.9 Å². The predicted octanol–water partition coefficient (Wildman–Crippen LogP) is 0.958. The fraction of sp³-hybridized carbons (Fsp3) is 0.692. The summed E-state index contributed by atoms with van der Waals surface area (Å²) in [5, 5.41) is 0. The number of rotatable bonds is 4. The summed E-state index contributed by atoms with van der Waals surface area (Å²) >= 11 is 0. The van der Waals surface area contributed by atoms with Crippen molar-refractivity contribution in [2.24, 2.45) is 5.73 Å². The SMILES string of the molecule is CC(C(=O)N1CCCCC1)n1cncc1CCN. The average Bonchev–Trinajstić information content (AvgIpc) is 2.87. The van der Waals surface area contributed by atoms with Crippen molar-refractivity contribution in [1.82, 2.24) is 14.5 Å². The van der Waals surface area contributed by atoms with Gasteiger partial charge in [-0.05, 0) is 32.7 Å². The number of hydrogen-bond acceptors (Lipinski definition) is 3. The zero-order valence-electron chi connectivity index (χ0n) is 11.0. The van der Waals surface area contributed by atoms with Crippen molar-refractivity contribution in [3.05, 3.63) is 18.2 Å². The van der Waals surface area contributed by atoms with Gasteiger partial charge in [0.2, 0.25) is 5.91 Å². The summed E-state index contributed by atoms with van der Waals surface area (Å²) in [5.41, 5.74) is 6.61. The maximum Gasteiger partial charge on any atom is 0.245 e. The number of nitrogens with two attached hydrogens (primary N) is 1. The third-order valence-electron chi connectivity index (χ3n) is 3.59. The maximum absolute atomic E-state index is 12.4. The molecule has 2 rings (SSSR count). The van der Waals surface area contributed by atoms with Gasteiger partial charge in [-0.3, -0.25) is 4.79 Å². The van der Waals surface area contributed by atoms with Crippen LogP contribution in [0.15, 0.2) is 12.5 Å². The molecule has 1 aliphatic rings. The van der Waals surface area contributed by atoms with Gasteiger partial charge in [-0.25, -0.2) is 4.98 Å². The molecule has 1 aliphatic heterocycles.